The molecule has 0 heterocycles. The van der Waals surface area contributed by atoms with Gasteiger partial charge in [0.15, 0.2) is 0 Å². The van der Waals surface area contributed by atoms with E-state index in [0.717, 1.165) is 42.5 Å². The number of carbonyl (C=O) groups excluding carboxylic acids is 1. The van der Waals surface area contributed by atoms with Crippen molar-refractivity contribution < 1.29 is 13.2 Å². The lowest BCUT2D eigenvalue weighted by molar-refractivity contribution is -0.121. The van der Waals surface area contributed by atoms with Crippen molar-refractivity contribution in [2.75, 3.05) is 13.1 Å². The summed E-state index contributed by atoms with van der Waals surface area (Å²) in [5.74, 6) is -0.405. The first kappa shape index (κ1) is 28.1. The summed E-state index contributed by atoms with van der Waals surface area (Å²) in [7, 11) is -3.83. The second-order valence-corrected chi connectivity index (χ2v) is 11.7. The van der Waals surface area contributed by atoms with E-state index in [0.29, 0.717) is 6.42 Å². The fraction of sp³-hybridized carbons (Fsp3) is 0.517. The van der Waals surface area contributed by atoms with Crippen LogP contribution in [0, 0.1) is 6.92 Å². The summed E-state index contributed by atoms with van der Waals surface area (Å²) in [6.07, 6.45) is 13.3. The number of nitrogens with one attached hydrogen (secondary N) is 1. The van der Waals surface area contributed by atoms with E-state index in [1.807, 2.05) is 37.3 Å². The van der Waals surface area contributed by atoms with Gasteiger partial charge in [0.2, 0.25) is 10.0 Å². The van der Waals surface area contributed by atoms with Crippen LogP contribution in [0.2, 0.25) is 0 Å². The quantitative estimate of drug-likeness (QED) is 0.441. The van der Waals surface area contributed by atoms with E-state index in [9.17, 15) is 13.2 Å². The van der Waals surface area contributed by atoms with Crippen molar-refractivity contribution in [2.24, 2.45) is 5.10 Å². The Kier molecular flexibility index (Phi) is 11.6. The summed E-state index contributed by atoms with van der Waals surface area (Å²) in [4.78, 5) is 13.1. The predicted molar refractivity (Wildman–Crippen MR) is 146 cm³/mol. The van der Waals surface area contributed by atoms with Crippen LogP contribution in [-0.4, -0.2) is 37.4 Å². The lowest BCUT2D eigenvalue weighted by atomic mass is 10.00. The topological polar surface area (TPSA) is 78.8 Å². The molecule has 3 rings (SSSR count). The van der Waals surface area contributed by atoms with Crippen LogP contribution in [0.1, 0.15) is 81.8 Å². The van der Waals surface area contributed by atoms with Gasteiger partial charge >= 0.3 is 0 Å². The number of hydrogen-bond donors (Lipinski definition) is 1. The zero-order valence-electron chi connectivity index (χ0n) is 21.6. The standard InChI is InChI=1S/C29H41N3O3S/c1-25-18-20-28(21-19-25)36(34,35)32(23-22-26-14-10-9-11-15-26)24-29(33)31-30-27-16-12-7-5-3-2-4-6-8-13-17-27/h9-11,14-15,18-21H,2-8,12-13,16-17,22-24H2,1H3,(H,31,33). The maximum atomic E-state index is 13.4. The van der Waals surface area contributed by atoms with Gasteiger partial charge < -0.3 is 0 Å². The number of rotatable bonds is 8. The van der Waals surface area contributed by atoms with Crippen LogP contribution < -0.4 is 5.43 Å². The van der Waals surface area contributed by atoms with Gasteiger partial charge in [-0.25, -0.2) is 13.8 Å². The molecule has 0 unspecified atom stereocenters. The van der Waals surface area contributed by atoms with Gasteiger partial charge in [-0.1, -0.05) is 93.0 Å². The Morgan fingerprint density at radius 3 is 1.97 bits per heavy atom. The van der Waals surface area contributed by atoms with E-state index >= 15 is 0 Å². The van der Waals surface area contributed by atoms with Crippen molar-refractivity contribution in [3.63, 3.8) is 0 Å². The number of benzene rings is 2. The second-order valence-electron chi connectivity index (χ2n) is 9.78. The molecular weight excluding hydrogens is 470 g/mol. The van der Waals surface area contributed by atoms with Crippen LogP contribution >= 0.6 is 0 Å². The Bertz CT molecular complexity index is 1050. The molecule has 7 heteroatoms. The highest BCUT2D eigenvalue weighted by molar-refractivity contribution is 7.89. The Morgan fingerprint density at radius 1 is 0.833 bits per heavy atom. The second kappa shape index (κ2) is 14.9. The number of nitrogens with zero attached hydrogens (tertiary/aromatic N) is 2. The first-order chi connectivity index (χ1) is 17.4. The maximum absolute atomic E-state index is 13.4. The number of hydrazone groups is 1. The Balaban J connectivity index is 1.68. The first-order valence-corrected chi connectivity index (χ1v) is 14.8. The monoisotopic (exact) mass is 511 g/mol. The van der Waals surface area contributed by atoms with Crippen LogP contribution in [0.3, 0.4) is 0 Å². The number of hydrogen-bond acceptors (Lipinski definition) is 4. The van der Waals surface area contributed by atoms with E-state index in [1.165, 1.54) is 49.3 Å². The smallest absolute Gasteiger partial charge is 0.255 e. The van der Waals surface area contributed by atoms with E-state index in [4.69, 9.17) is 0 Å². The Hall–Kier alpha value is -2.51. The largest absolute Gasteiger partial charge is 0.272 e. The lowest BCUT2D eigenvalue weighted by Crippen LogP contribution is -2.40. The summed E-state index contributed by atoms with van der Waals surface area (Å²) < 4.78 is 28.1. The number of carbonyl (C=O) groups is 1. The minimum absolute atomic E-state index is 0.194. The van der Waals surface area contributed by atoms with Crippen LogP contribution in [0.5, 0.6) is 0 Å². The lowest BCUT2D eigenvalue weighted by Gasteiger charge is -2.21. The summed E-state index contributed by atoms with van der Waals surface area (Å²) in [6, 6.07) is 16.5. The average molecular weight is 512 g/mol. The summed E-state index contributed by atoms with van der Waals surface area (Å²) in [5, 5.41) is 4.44. The fourth-order valence-electron chi connectivity index (χ4n) is 4.51. The predicted octanol–water partition coefficient (Wildman–Crippen LogP) is 6.01. The molecule has 1 aliphatic carbocycles. The molecule has 36 heavy (non-hydrogen) atoms. The SMILES string of the molecule is Cc1ccc(S(=O)(=O)N(CCc2ccccc2)CC(=O)NN=C2CCCCCCCCCCC2)cc1. The molecule has 1 aliphatic rings. The third-order valence-corrected chi connectivity index (χ3v) is 8.60. The van der Waals surface area contributed by atoms with E-state index < -0.39 is 15.9 Å². The maximum Gasteiger partial charge on any atom is 0.255 e. The molecule has 2 aromatic carbocycles. The van der Waals surface area contributed by atoms with Gasteiger partial charge in [0.25, 0.3) is 5.91 Å². The fourth-order valence-corrected chi connectivity index (χ4v) is 5.91. The van der Waals surface area contributed by atoms with Crippen LogP contribution in [0.4, 0.5) is 0 Å². The molecule has 1 amide bonds. The van der Waals surface area contributed by atoms with Crippen LogP contribution in [0.25, 0.3) is 0 Å². The zero-order chi connectivity index (χ0) is 25.6. The van der Waals surface area contributed by atoms with Gasteiger partial charge in [-0.05, 0) is 56.7 Å². The summed E-state index contributed by atoms with van der Waals surface area (Å²) >= 11 is 0. The normalized spacial score (nSPS) is 16.1. The molecule has 0 spiro atoms. The molecule has 2 aromatic rings. The van der Waals surface area contributed by atoms with Gasteiger partial charge in [0.05, 0.1) is 11.4 Å². The Morgan fingerprint density at radius 2 is 1.39 bits per heavy atom. The van der Waals surface area contributed by atoms with Crippen molar-refractivity contribution in [2.45, 2.75) is 88.9 Å². The molecule has 196 valence electrons. The molecule has 0 atom stereocenters. The average Bonchev–Trinajstić information content (AvgIpc) is 2.87. The molecule has 1 saturated carbocycles. The third kappa shape index (κ3) is 9.51. The van der Waals surface area contributed by atoms with Gasteiger partial charge in [-0.2, -0.15) is 9.41 Å². The molecule has 1 fully saturated rings. The van der Waals surface area contributed by atoms with E-state index in [2.05, 4.69) is 10.5 Å². The first-order valence-electron chi connectivity index (χ1n) is 13.4. The zero-order valence-corrected chi connectivity index (χ0v) is 22.4. The van der Waals surface area contributed by atoms with Gasteiger partial charge in [0.1, 0.15) is 0 Å². The molecule has 6 nitrogen and oxygen atoms in total. The number of aryl methyl sites for hydroxylation is 1. The molecule has 0 radical (unpaired) electrons. The van der Waals surface area contributed by atoms with Crippen molar-refractivity contribution in [3.05, 3.63) is 65.7 Å². The highest BCUT2D eigenvalue weighted by Crippen LogP contribution is 2.18. The molecule has 0 aliphatic heterocycles. The van der Waals surface area contributed by atoms with Crippen LogP contribution in [0.15, 0.2) is 64.6 Å². The molecule has 1 N–H and O–H groups in total. The molecule has 0 aromatic heterocycles. The third-order valence-electron chi connectivity index (χ3n) is 6.74. The Labute approximate surface area is 217 Å². The van der Waals surface area contributed by atoms with Crippen molar-refractivity contribution in [3.8, 4) is 0 Å². The van der Waals surface area contributed by atoms with E-state index in [1.54, 1.807) is 24.3 Å². The summed E-state index contributed by atoms with van der Waals surface area (Å²) in [5.41, 5.74) is 5.69. The van der Waals surface area contributed by atoms with Crippen LogP contribution in [-0.2, 0) is 21.2 Å². The highest BCUT2D eigenvalue weighted by Gasteiger charge is 2.26. The molecule has 0 saturated heterocycles. The minimum Gasteiger partial charge on any atom is -0.272 e. The van der Waals surface area contributed by atoms with Crippen molar-refractivity contribution in [1.82, 2.24) is 9.73 Å². The van der Waals surface area contributed by atoms with Gasteiger partial charge in [-0.3, -0.25) is 4.79 Å². The van der Waals surface area contributed by atoms with Crippen molar-refractivity contribution >= 4 is 21.6 Å². The van der Waals surface area contributed by atoms with Gasteiger partial charge in [0, 0.05) is 12.3 Å². The van der Waals surface area contributed by atoms with Gasteiger partial charge in [-0.15, -0.1) is 0 Å². The number of amides is 1. The highest BCUT2D eigenvalue weighted by atomic mass is 32.2. The summed E-state index contributed by atoms with van der Waals surface area (Å²) in [6.45, 7) is 1.86. The minimum atomic E-state index is -3.83. The molecule has 0 bridgehead atoms. The number of sulfonamides is 1. The molecular formula is C29H41N3O3S. The van der Waals surface area contributed by atoms with Crippen molar-refractivity contribution in [1.29, 1.82) is 0 Å². The van der Waals surface area contributed by atoms with E-state index in [-0.39, 0.29) is 18.0 Å².